The summed E-state index contributed by atoms with van der Waals surface area (Å²) in [5.41, 5.74) is 6.12. The fourth-order valence-electron chi connectivity index (χ4n) is 1.15. The van der Waals surface area contributed by atoms with Gasteiger partial charge in [0.2, 0.25) is 0 Å². The molecule has 6 nitrogen and oxygen atoms in total. The van der Waals surface area contributed by atoms with Crippen LogP contribution in [0.2, 0.25) is 0 Å². The molecular formula is C10H12N2O4. The van der Waals surface area contributed by atoms with Crippen LogP contribution in [0.4, 0.5) is 0 Å². The van der Waals surface area contributed by atoms with E-state index in [1.54, 1.807) is 0 Å². The van der Waals surface area contributed by atoms with E-state index in [1.165, 1.54) is 25.4 Å². The smallest absolute Gasteiger partial charge is 0.335 e. The maximum absolute atomic E-state index is 11.0. The standard InChI is InChI=1S/C10H12N2O4/c1-16-9(13)5-7(11)8-4-6(10(14)15)2-3-12-8/h2-4,7H,5,11H2,1H3,(H,14,15)/t7-/m0/s1. The highest BCUT2D eigenvalue weighted by molar-refractivity contribution is 5.87. The van der Waals surface area contributed by atoms with Crippen molar-refractivity contribution in [1.29, 1.82) is 0 Å². The topological polar surface area (TPSA) is 103 Å². The number of rotatable bonds is 4. The summed E-state index contributed by atoms with van der Waals surface area (Å²) >= 11 is 0. The molecule has 1 aromatic heterocycles. The van der Waals surface area contributed by atoms with Crippen molar-refractivity contribution in [2.75, 3.05) is 7.11 Å². The molecule has 0 radical (unpaired) electrons. The van der Waals surface area contributed by atoms with E-state index in [9.17, 15) is 9.59 Å². The Labute approximate surface area is 92.0 Å². The number of nitrogens with zero attached hydrogens (tertiary/aromatic N) is 1. The summed E-state index contributed by atoms with van der Waals surface area (Å²) in [5.74, 6) is -1.52. The van der Waals surface area contributed by atoms with Gasteiger partial charge in [0.15, 0.2) is 0 Å². The van der Waals surface area contributed by atoms with E-state index >= 15 is 0 Å². The zero-order valence-corrected chi connectivity index (χ0v) is 8.71. The normalized spacial score (nSPS) is 11.9. The van der Waals surface area contributed by atoms with Crippen molar-refractivity contribution < 1.29 is 19.4 Å². The van der Waals surface area contributed by atoms with Crippen LogP contribution in [0.3, 0.4) is 0 Å². The van der Waals surface area contributed by atoms with Gasteiger partial charge in [-0.2, -0.15) is 0 Å². The second kappa shape index (κ2) is 5.22. The van der Waals surface area contributed by atoms with Gasteiger partial charge in [-0.15, -0.1) is 0 Å². The predicted molar refractivity (Wildman–Crippen MR) is 54.8 cm³/mol. The van der Waals surface area contributed by atoms with Crippen molar-refractivity contribution in [2.45, 2.75) is 12.5 Å². The van der Waals surface area contributed by atoms with Crippen LogP contribution in [0.15, 0.2) is 18.3 Å². The third-order valence-corrected chi connectivity index (χ3v) is 2.02. The minimum atomic E-state index is -1.06. The number of ether oxygens (including phenoxy) is 1. The molecule has 0 aliphatic heterocycles. The summed E-state index contributed by atoms with van der Waals surface area (Å²) < 4.78 is 4.46. The molecule has 0 aliphatic rings. The Morgan fingerprint density at radius 1 is 1.62 bits per heavy atom. The first-order valence-corrected chi connectivity index (χ1v) is 4.56. The van der Waals surface area contributed by atoms with Crippen molar-refractivity contribution in [3.8, 4) is 0 Å². The van der Waals surface area contributed by atoms with E-state index in [0.717, 1.165) is 0 Å². The molecule has 0 bridgehead atoms. The monoisotopic (exact) mass is 224 g/mol. The molecule has 0 aliphatic carbocycles. The van der Waals surface area contributed by atoms with Gasteiger partial charge < -0.3 is 15.6 Å². The number of carbonyl (C=O) groups excluding carboxylic acids is 1. The lowest BCUT2D eigenvalue weighted by atomic mass is 10.1. The molecule has 0 saturated carbocycles. The Morgan fingerprint density at radius 2 is 2.31 bits per heavy atom. The zero-order chi connectivity index (χ0) is 12.1. The summed E-state index contributed by atoms with van der Waals surface area (Å²) in [6.45, 7) is 0. The Kier molecular flexibility index (Phi) is 3.96. The SMILES string of the molecule is COC(=O)C[C@H](N)c1cc(C(=O)O)ccn1. The van der Waals surface area contributed by atoms with Crippen molar-refractivity contribution >= 4 is 11.9 Å². The molecule has 1 atom stereocenters. The molecule has 0 spiro atoms. The lowest BCUT2D eigenvalue weighted by Gasteiger charge is -2.09. The first-order valence-electron chi connectivity index (χ1n) is 4.56. The van der Waals surface area contributed by atoms with E-state index in [-0.39, 0.29) is 12.0 Å². The highest BCUT2D eigenvalue weighted by atomic mass is 16.5. The maximum atomic E-state index is 11.0. The maximum Gasteiger partial charge on any atom is 0.335 e. The highest BCUT2D eigenvalue weighted by Crippen LogP contribution is 2.13. The molecule has 16 heavy (non-hydrogen) atoms. The number of hydrogen-bond donors (Lipinski definition) is 2. The van der Waals surface area contributed by atoms with Crippen molar-refractivity contribution in [3.63, 3.8) is 0 Å². The zero-order valence-electron chi connectivity index (χ0n) is 8.71. The van der Waals surface area contributed by atoms with Crippen LogP contribution in [0.1, 0.15) is 28.5 Å². The molecular weight excluding hydrogens is 212 g/mol. The van der Waals surface area contributed by atoms with Crippen LogP contribution in [-0.4, -0.2) is 29.1 Å². The molecule has 6 heteroatoms. The quantitative estimate of drug-likeness (QED) is 0.715. The lowest BCUT2D eigenvalue weighted by molar-refractivity contribution is -0.141. The first kappa shape index (κ1) is 12.1. The van der Waals surface area contributed by atoms with Gasteiger partial charge in [0, 0.05) is 6.20 Å². The molecule has 3 N–H and O–H groups in total. The van der Waals surface area contributed by atoms with Crippen molar-refractivity contribution in [3.05, 3.63) is 29.6 Å². The number of carbonyl (C=O) groups is 2. The van der Waals surface area contributed by atoms with Crippen LogP contribution in [0, 0.1) is 0 Å². The van der Waals surface area contributed by atoms with Crippen LogP contribution in [-0.2, 0) is 9.53 Å². The van der Waals surface area contributed by atoms with Crippen LogP contribution in [0.25, 0.3) is 0 Å². The average Bonchev–Trinajstić information content (AvgIpc) is 2.28. The third kappa shape index (κ3) is 3.03. The molecule has 0 aromatic carbocycles. The average molecular weight is 224 g/mol. The summed E-state index contributed by atoms with van der Waals surface area (Å²) in [4.78, 5) is 25.6. The highest BCUT2D eigenvalue weighted by Gasteiger charge is 2.14. The van der Waals surface area contributed by atoms with Gasteiger partial charge in [-0.05, 0) is 12.1 Å². The van der Waals surface area contributed by atoms with Crippen molar-refractivity contribution in [1.82, 2.24) is 4.98 Å². The fourth-order valence-corrected chi connectivity index (χ4v) is 1.15. The van der Waals surface area contributed by atoms with E-state index in [2.05, 4.69) is 9.72 Å². The molecule has 86 valence electrons. The van der Waals surface area contributed by atoms with Gasteiger partial charge in [0.1, 0.15) is 0 Å². The Morgan fingerprint density at radius 3 is 2.88 bits per heavy atom. The Hall–Kier alpha value is -1.95. The predicted octanol–water partition coefficient (Wildman–Crippen LogP) is 0.343. The number of aromatic carboxylic acids is 1. The van der Waals surface area contributed by atoms with Gasteiger partial charge in [-0.3, -0.25) is 9.78 Å². The molecule has 0 fully saturated rings. The fraction of sp³-hybridized carbons (Fsp3) is 0.300. The van der Waals surface area contributed by atoms with Gasteiger partial charge >= 0.3 is 11.9 Å². The number of pyridine rings is 1. The van der Waals surface area contributed by atoms with Gasteiger partial charge in [-0.1, -0.05) is 0 Å². The minimum absolute atomic E-state index is 0.0351. The number of methoxy groups -OCH3 is 1. The van der Waals surface area contributed by atoms with Crippen LogP contribution in [0.5, 0.6) is 0 Å². The molecule has 0 saturated heterocycles. The van der Waals surface area contributed by atoms with Gasteiger partial charge in [0.05, 0.1) is 30.8 Å². The van der Waals surface area contributed by atoms with Crippen LogP contribution < -0.4 is 5.73 Å². The third-order valence-electron chi connectivity index (χ3n) is 2.02. The summed E-state index contributed by atoms with van der Waals surface area (Å²) in [7, 11) is 1.26. The van der Waals surface area contributed by atoms with Gasteiger partial charge in [-0.25, -0.2) is 4.79 Å². The second-order valence-electron chi connectivity index (χ2n) is 3.16. The largest absolute Gasteiger partial charge is 0.478 e. The van der Waals surface area contributed by atoms with E-state index in [0.29, 0.717) is 5.69 Å². The summed E-state index contributed by atoms with van der Waals surface area (Å²) in [5, 5.41) is 8.76. The number of carboxylic acid groups (broad SMARTS) is 1. The second-order valence-corrected chi connectivity index (χ2v) is 3.16. The molecule has 0 unspecified atom stereocenters. The number of hydrogen-bond acceptors (Lipinski definition) is 5. The van der Waals surface area contributed by atoms with Crippen LogP contribution >= 0.6 is 0 Å². The number of aromatic nitrogens is 1. The summed E-state index contributed by atoms with van der Waals surface area (Å²) in [6, 6.07) is 2.04. The van der Waals surface area contributed by atoms with E-state index < -0.39 is 18.0 Å². The summed E-state index contributed by atoms with van der Waals surface area (Å²) in [6.07, 6.45) is 1.31. The number of esters is 1. The van der Waals surface area contributed by atoms with E-state index in [4.69, 9.17) is 10.8 Å². The first-order chi connectivity index (χ1) is 7.54. The molecule has 1 rings (SSSR count). The molecule has 1 heterocycles. The Balaban J connectivity index is 2.83. The Bertz CT molecular complexity index is 406. The number of nitrogens with two attached hydrogens (primary N) is 1. The lowest BCUT2D eigenvalue weighted by Crippen LogP contribution is -2.18. The molecule has 0 amide bonds. The van der Waals surface area contributed by atoms with E-state index in [1.807, 2.05) is 0 Å². The van der Waals surface area contributed by atoms with Gasteiger partial charge in [0.25, 0.3) is 0 Å². The van der Waals surface area contributed by atoms with Crippen molar-refractivity contribution in [2.24, 2.45) is 5.73 Å². The number of carboxylic acids is 1. The molecule has 1 aromatic rings. The minimum Gasteiger partial charge on any atom is -0.478 e.